The summed E-state index contributed by atoms with van der Waals surface area (Å²) in [5.74, 6) is 2.70. The molecule has 0 aromatic carbocycles. The van der Waals surface area contributed by atoms with Crippen LogP contribution in [-0.2, 0) is 0 Å². The van der Waals surface area contributed by atoms with Gasteiger partial charge in [-0.3, -0.25) is 4.90 Å². The lowest BCUT2D eigenvalue weighted by atomic mass is 10.1. The van der Waals surface area contributed by atoms with Crippen molar-refractivity contribution >= 4 is 0 Å². The summed E-state index contributed by atoms with van der Waals surface area (Å²) < 4.78 is 0. The van der Waals surface area contributed by atoms with Gasteiger partial charge in [-0.05, 0) is 13.0 Å². The van der Waals surface area contributed by atoms with E-state index in [1.54, 1.807) is 0 Å². The summed E-state index contributed by atoms with van der Waals surface area (Å²) in [5, 5.41) is 3.39. The summed E-state index contributed by atoms with van der Waals surface area (Å²) in [4.78, 5) is 5.14. The van der Waals surface area contributed by atoms with Crippen LogP contribution in [0, 0.1) is 12.3 Å². The van der Waals surface area contributed by atoms with Crippen molar-refractivity contribution in [3.63, 3.8) is 0 Å². The first-order valence-corrected chi connectivity index (χ1v) is 6.01. The van der Waals surface area contributed by atoms with Crippen LogP contribution in [0.15, 0.2) is 0 Å². The van der Waals surface area contributed by atoms with Crippen LogP contribution in [0.5, 0.6) is 0 Å². The summed E-state index contributed by atoms with van der Waals surface area (Å²) in [6.45, 7) is 8.47. The number of hydrogen-bond donors (Lipinski definition) is 1. The van der Waals surface area contributed by atoms with Gasteiger partial charge in [0.1, 0.15) is 0 Å². The van der Waals surface area contributed by atoms with E-state index in [4.69, 9.17) is 6.42 Å². The van der Waals surface area contributed by atoms with Gasteiger partial charge in [0.25, 0.3) is 0 Å². The minimum Gasteiger partial charge on any atom is -0.314 e. The number of hydrogen-bond acceptors (Lipinski definition) is 3. The maximum atomic E-state index is 5.23. The third-order valence-corrected chi connectivity index (χ3v) is 3.40. The molecule has 0 atom stereocenters. The average molecular weight is 207 g/mol. The molecule has 1 N–H and O–H groups in total. The van der Waals surface area contributed by atoms with E-state index < -0.39 is 0 Å². The lowest BCUT2D eigenvalue weighted by molar-refractivity contribution is 0.0270. The smallest absolute Gasteiger partial charge is 0.0351 e. The fraction of sp³-hybridized carbons (Fsp3) is 0.833. The molecular formula is C12H21N3. The fourth-order valence-electron chi connectivity index (χ4n) is 2.41. The van der Waals surface area contributed by atoms with E-state index in [0.29, 0.717) is 0 Å². The molecule has 0 aromatic rings. The highest BCUT2D eigenvalue weighted by atomic mass is 15.3. The molecule has 2 fully saturated rings. The third kappa shape index (κ3) is 2.94. The molecule has 0 aliphatic carbocycles. The molecule has 0 aromatic heterocycles. The van der Waals surface area contributed by atoms with Crippen LogP contribution in [0.1, 0.15) is 12.8 Å². The molecule has 0 saturated carbocycles. The van der Waals surface area contributed by atoms with E-state index in [0.717, 1.165) is 32.0 Å². The molecule has 2 saturated heterocycles. The molecule has 2 aliphatic heterocycles. The van der Waals surface area contributed by atoms with Crippen molar-refractivity contribution in [3.05, 3.63) is 0 Å². The van der Waals surface area contributed by atoms with Gasteiger partial charge in [0, 0.05) is 51.7 Å². The Bertz CT molecular complexity index is 222. The first-order valence-electron chi connectivity index (χ1n) is 6.01. The Kier molecular flexibility index (Phi) is 4.01. The Morgan fingerprint density at radius 3 is 2.67 bits per heavy atom. The van der Waals surface area contributed by atoms with Crippen LogP contribution >= 0.6 is 0 Å². The van der Waals surface area contributed by atoms with Gasteiger partial charge in [0.05, 0.1) is 0 Å². The Balaban J connectivity index is 1.58. The van der Waals surface area contributed by atoms with Gasteiger partial charge in [0.15, 0.2) is 0 Å². The predicted octanol–water partition coefficient (Wildman–Crippen LogP) is -0.0108. The number of nitrogens with zero attached hydrogens (tertiary/aromatic N) is 2. The second-order valence-electron chi connectivity index (χ2n) is 4.51. The summed E-state index contributed by atoms with van der Waals surface area (Å²) in [7, 11) is 0. The summed E-state index contributed by atoms with van der Waals surface area (Å²) in [6, 6.07) is 0.818. The second-order valence-corrected chi connectivity index (χ2v) is 4.51. The molecule has 2 aliphatic rings. The van der Waals surface area contributed by atoms with E-state index in [1.807, 2.05) is 0 Å². The van der Waals surface area contributed by atoms with Gasteiger partial charge in [-0.2, -0.15) is 0 Å². The van der Waals surface area contributed by atoms with E-state index in [9.17, 15) is 0 Å². The van der Waals surface area contributed by atoms with Crippen molar-refractivity contribution in [2.75, 3.05) is 45.8 Å². The standard InChI is InChI=1S/C12H21N3/c1-2-3-4-7-14-10-12(11-14)15-8-5-13-6-9-15/h1,12-13H,3-11H2. The number of nitrogens with one attached hydrogen (secondary N) is 1. The van der Waals surface area contributed by atoms with E-state index in [1.165, 1.54) is 32.7 Å². The van der Waals surface area contributed by atoms with Gasteiger partial charge in [0.2, 0.25) is 0 Å². The molecule has 0 unspecified atom stereocenters. The van der Waals surface area contributed by atoms with Crippen LogP contribution in [0.3, 0.4) is 0 Å². The van der Waals surface area contributed by atoms with Crippen LogP contribution in [0.2, 0.25) is 0 Å². The van der Waals surface area contributed by atoms with Crippen molar-refractivity contribution in [1.29, 1.82) is 0 Å². The van der Waals surface area contributed by atoms with Crippen molar-refractivity contribution < 1.29 is 0 Å². The molecule has 2 heterocycles. The lowest BCUT2D eigenvalue weighted by Gasteiger charge is -2.46. The Morgan fingerprint density at radius 2 is 2.00 bits per heavy atom. The number of unbranched alkanes of at least 4 members (excludes halogenated alkanes) is 1. The van der Waals surface area contributed by atoms with Crippen molar-refractivity contribution in [2.45, 2.75) is 18.9 Å². The first-order chi connectivity index (χ1) is 7.40. The molecule has 0 bridgehead atoms. The van der Waals surface area contributed by atoms with E-state index >= 15 is 0 Å². The molecule has 0 radical (unpaired) electrons. The summed E-state index contributed by atoms with van der Waals surface area (Å²) in [5.41, 5.74) is 0. The Hall–Kier alpha value is -0.560. The maximum absolute atomic E-state index is 5.23. The SMILES string of the molecule is C#CCCCN1CC(N2CCNCC2)C1. The van der Waals surface area contributed by atoms with Crippen molar-refractivity contribution in [1.82, 2.24) is 15.1 Å². The molecule has 84 valence electrons. The van der Waals surface area contributed by atoms with Crippen LogP contribution in [-0.4, -0.2) is 61.7 Å². The maximum Gasteiger partial charge on any atom is 0.0351 e. The zero-order valence-corrected chi connectivity index (χ0v) is 9.41. The first kappa shape index (κ1) is 10.9. The van der Waals surface area contributed by atoms with E-state index in [2.05, 4.69) is 21.0 Å². The minimum atomic E-state index is 0.818. The molecule has 0 spiro atoms. The van der Waals surface area contributed by atoms with Crippen LogP contribution < -0.4 is 5.32 Å². The summed E-state index contributed by atoms with van der Waals surface area (Å²) in [6.07, 6.45) is 7.32. The van der Waals surface area contributed by atoms with Crippen LogP contribution in [0.25, 0.3) is 0 Å². The van der Waals surface area contributed by atoms with Gasteiger partial charge in [-0.15, -0.1) is 12.3 Å². The fourth-order valence-corrected chi connectivity index (χ4v) is 2.41. The molecule has 15 heavy (non-hydrogen) atoms. The van der Waals surface area contributed by atoms with Gasteiger partial charge >= 0.3 is 0 Å². The highest BCUT2D eigenvalue weighted by Crippen LogP contribution is 2.15. The highest BCUT2D eigenvalue weighted by Gasteiger charge is 2.31. The van der Waals surface area contributed by atoms with Crippen molar-refractivity contribution in [3.8, 4) is 12.3 Å². The normalized spacial score (nSPS) is 24.7. The number of likely N-dealkylation sites (tertiary alicyclic amines) is 1. The molecular weight excluding hydrogens is 186 g/mol. The largest absolute Gasteiger partial charge is 0.314 e. The Labute approximate surface area is 92.8 Å². The molecule has 0 amide bonds. The zero-order chi connectivity index (χ0) is 10.5. The molecule has 3 heteroatoms. The average Bonchev–Trinajstić information content (AvgIpc) is 2.23. The number of terminal acetylenes is 1. The molecule has 2 rings (SSSR count). The topological polar surface area (TPSA) is 18.5 Å². The lowest BCUT2D eigenvalue weighted by Crippen LogP contribution is -2.62. The van der Waals surface area contributed by atoms with Gasteiger partial charge in [-0.25, -0.2) is 0 Å². The number of rotatable bonds is 4. The minimum absolute atomic E-state index is 0.818. The monoisotopic (exact) mass is 207 g/mol. The predicted molar refractivity (Wildman–Crippen MR) is 62.7 cm³/mol. The number of piperazine rings is 1. The van der Waals surface area contributed by atoms with Gasteiger partial charge < -0.3 is 10.2 Å². The second kappa shape index (κ2) is 5.50. The Morgan fingerprint density at radius 1 is 1.27 bits per heavy atom. The van der Waals surface area contributed by atoms with E-state index in [-0.39, 0.29) is 0 Å². The quantitative estimate of drug-likeness (QED) is 0.517. The van der Waals surface area contributed by atoms with Crippen LogP contribution in [0.4, 0.5) is 0 Å². The highest BCUT2D eigenvalue weighted by molar-refractivity contribution is 4.90. The molecule has 3 nitrogen and oxygen atoms in total. The van der Waals surface area contributed by atoms with Gasteiger partial charge in [-0.1, -0.05) is 0 Å². The van der Waals surface area contributed by atoms with Crippen molar-refractivity contribution in [2.24, 2.45) is 0 Å². The third-order valence-electron chi connectivity index (χ3n) is 3.40. The summed E-state index contributed by atoms with van der Waals surface area (Å²) >= 11 is 0. The zero-order valence-electron chi connectivity index (χ0n) is 9.41.